The molecular formula is C13H17N3. The molecule has 1 saturated heterocycles. The molecular weight excluding hydrogens is 198 g/mol. The van der Waals surface area contributed by atoms with Crippen molar-refractivity contribution in [3.63, 3.8) is 0 Å². The number of rotatable bonds is 1. The minimum Gasteiger partial charge on any atom is -0.292 e. The summed E-state index contributed by atoms with van der Waals surface area (Å²) in [5.74, 6) is 7.09. The van der Waals surface area contributed by atoms with Gasteiger partial charge in [-0.05, 0) is 25.3 Å². The van der Waals surface area contributed by atoms with E-state index in [1.54, 1.807) is 12.4 Å². The van der Waals surface area contributed by atoms with Gasteiger partial charge in [-0.2, -0.15) is 0 Å². The average Bonchev–Trinajstić information content (AvgIpc) is 2.30. The number of nitrogens with zero attached hydrogens (tertiary/aromatic N) is 3. The van der Waals surface area contributed by atoms with Gasteiger partial charge in [0.15, 0.2) is 0 Å². The van der Waals surface area contributed by atoms with Crippen molar-refractivity contribution >= 4 is 0 Å². The predicted octanol–water partition coefficient (Wildman–Crippen LogP) is 1.56. The van der Waals surface area contributed by atoms with Crippen LogP contribution in [-0.4, -0.2) is 34.5 Å². The molecule has 0 saturated carbocycles. The van der Waals surface area contributed by atoms with Crippen molar-refractivity contribution in [1.29, 1.82) is 0 Å². The molecule has 1 unspecified atom stereocenters. The lowest BCUT2D eigenvalue weighted by atomic mass is 10.0. The average molecular weight is 215 g/mol. The van der Waals surface area contributed by atoms with E-state index in [-0.39, 0.29) is 0 Å². The minimum atomic E-state index is 0.815. The molecule has 0 aromatic carbocycles. The molecule has 3 heteroatoms. The van der Waals surface area contributed by atoms with Crippen LogP contribution in [0.4, 0.5) is 0 Å². The Balaban J connectivity index is 1.85. The molecule has 1 aliphatic rings. The highest BCUT2D eigenvalue weighted by atomic mass is 15.1. The first-order chi connectivity index (χ1) is 7.84. The predicted molar refractivity (Wildman–Crippen MR) is 63.7 cm³/mol. The van der Waals surface area contributed by atoms with Gasteiger partial charge >= 0.3 is 0 Å². The Morgan fingerprint density at radius 2 is 2.25 bits per heavy atom. The van der Waals surface area contributed by atoms with E-state index in [9.17, 15) is 0 Å². The molecule has 1 fully saturated rings. The molecule has 0 aliphatic carbocycles. The van der Waals surface area contributed by atoms with E-state index in [4.69, 9.17) is 0 Å². The summed E-state index contributed by atoms with van der Waals surface area (Å²) >= 11 is 0. The summed E-state index contributed by atoms with van der Waals surface area (Å²) in [6.45, 7) is 5.54. The lowest BCUT2D eigenvalue weighted by Crippen LogP contribution is -2.34. The fraction of sp³-hybridized carbons (Fsp3) is 0.538. The van der Waals surface area contributed by atoms with Crippen LogP contribution in [0.2, 0.25) is 0 Å². The fourth-order valence-corrected chi connectivity index (χ4v) is 2.05. The Morgan fingerprint density at radius 3 is 3.00 bits per heavy atom. The summed E-state index contributed by atoms with van der Waals surface area (Å²) in [5, 5.41) is 0. The molecule has 84 valence electrons. The third kappa shape index (κ3) is 3.32. The lowest BCUT2D eigenvalue weighted by molar-refractivity contribution is 0.204. The van der Waals surface area contributed by atoms with Gasteiger partial charge in [0.25, 0.3) is 0 Å². The molecule has 1 aromatic heterocycles. The van der Waals surface area contributed by atoms with E-state index in [1.807, 2.05) is 0 Å². The first-order valence-electron chi connectivity index (χ1n) is 5.81. The molecule has 0 bridgehead atoms. The van der Waals surface area contributed by atoms with Crippen LogP contribution < -0.4 is 0 Å². The number of piperidine rings is 1. The summed E-state index contributed by atoms with van der Waals surface area (Å²) in [6.07, 6.45) is 7.68. The number of likely N-dealkylation sites (tertiary alicyclic amines) is 1. The smallest absolute Gasteiger partial charge is 0.115 e. The van der Waals surface area contributed by atoms with Crippen LogP contribution in [-0.2, 0) is 0 Å². The molecule has 2 heterocycles. The first kappa shape index (κ1) is 11.1. The van der Waals surface area contributed by atoms with Gasteiger partial charge < -0.3 is 0 Å². The van der Waals surface area contributed by atoms with Gasteiger partial charge in [-0.25, -0.2) is 9.97 Å². The molecule has 1 aliphatic heterocycles. The SMILES string of the molecule is CC1CCCN(CC#Cc2cncnc2)C1. The van der Waals surface area contributed by atoms with Crippen molar-refractivity contribution in [1.82, 2.24) is 14.9 Å². The van der Waals surface area contributed by atoms with Gasteiger partial charge in [0.2, 0.25) is 0 Å². The van der Waals surface area contributed by atoms with E-state index >= 15 is 0 Å². The summed E-state index contributed by atoms with van der Waals surface area (Å²) in [7, 11) is 0. The monoisotopic (exact) mass is 215 g/mol. The highest BCUT2D eigenvalue weighted by molar-refractivity contribution is 5.29. The molecule has 0 N–H and O–H groups in total. The lowest BCUT2D eigenvalue weighted by Gasteiger charge is -2.28. The second-order valence-electron chi connectivity index (χ2n) is 4.41. The maximum absolute atomic E-state index is 3.93. The number of hydrogen-bond donors (Lipinski definition) is 0. The van der Waals surface area contributed by atoms with Crippen LogP contribution in [0.1, 0.15) is 25.3 Å². The Morgan fingerprint density at radius 1 is 1.44 bits per heavy atom. The quantitative estimate of drug-likeness (QED) is 0.666. The van der Waals surface area contributed by atoms with Gasteiger partial charge in [-0.1, -0.05) is 18.8 Å². The topological polar surface area (TPSA) is 29.0 Å². The maximum atomic E-state index is 3.93. The standard InChI is InChI=1S/C13H17N3/c1-12-4-2-6-16(10-12)7-3-5-13-8-14-11-15-9-13/h8-9,11-12H,2,4,6-7,10H2,1H3. The molecule has 0 amide bonds. The van der Waals surface area contributed by atoms with E-state index < -0.39 is 0 Å². The van der Waals surface area contributed by atoms with Crippen LogP contribution in [0.3, 0.4) is 0 Å². The van der Waals surface area contributed by atoms with Crippen molar-refractivity contribution in [2.24, 2.45) is 5.92 Å². The van der Waals surface area contributed by atoms with E-state index in [0.717, 1.165) is 18.0 Å². The zero-order valence-electron chi connectivity index (χ0n) is 9.69. The summed E-state index contributed by atoms with van der Waals surface area (Å²) in [4.78, 5) is 10.3. The Kier molecular flexibility index (Phi) is 3.90. The minimum absolute atomic E-state index is 0.815. The van der Waals surface area contributed by atoms with Crippen molar-refractivity contribution in [2.45, 2.75) is 19.8 Å². The fourth-order valence-electron chi connectivity index (χ4n) is 2.05. The van der Waals surface area contributed by atoms with Crippen LogP contribution >= 0.6 is 0 Å². The Hall–Kier alpha value is -1.40. The first-order valence-corrected chi connectivity index (χ1v) is 5.81. The second-order valence-corrected chi connectivity index (χ2v) is 4.41. The van der Waals surface area contributed by atoms with Crippen molar-refractivity contribution in [3.05, 3.63) is 24.3 Å². The third-order valence-electron chi connectivity index (χ3n) is 2.84. The molecule has 3 nitrogen and oxygen atoms in total. The zero-order valence-corrected chi connectivity index (χ0v) is 9.69. The highest BCUT2D eigenvalue weighted by Gasteiger charge is 2.14. The maximum Gasteiger partial charge on any atom is 0.115 e. The van der Waals surface area contributed by atoms with Crippen LogP contribution in [0, 0.1) is 17.8 Å². The molecule has 1 atom stereocenters. The van der Waals surface area contributed by atoms with Crippen molar-refractivity contribution in [3.8, 4) is 11.8 Å². The molecule has 1 aromatic rings. The second kappa shape index (κ2) is 5.62. The highest BCUT2D eigenvalue weighted by Crippen LogP contribution is 2.14. The van der Waals surface area contributed by atoms with Gasteiger partial charge in [0.1, 0.15) is 6.33 Å². The van der Waals surface area contributed by atoms with Crippen LogP contribution in [0.25, 0.3) is 0 Å². The van der Waals surface area contributed by atoms with E-state index in [0.29, 0.717) is 0 Å². The molecule has 0 radical (unpaired) electrons. The van der Waals surface area contributed by atoms with Crippen LogP contribution in [0.5, 0.6) is 0 Å². The zero-order chi connectivity index (χ0) is 11.2. The number of hydrogen-bond acceptors (Lipinski definition) is 3. The van der Waals surface area contributed by atoms with Crippen molar-refractivity contribution in [2.75, 3.05) is 19.6 Å². The third-order valence-corrected chi connectivity index (χ3v) is 2.84. The normalized spacial score (nSPS) is 21.2. The van der Waals surface area contributed by atoms with Crippen LogP contribution in [0.15, 0.2) is 18.7 Å². The Labute approximate surface area is 96.9 Å². The van der Waals surface area contributed by atoms with Gasteiger partial charge in [-0.15, -0.1) is 0 Å². The number of aromatic nitrogens is 2. The molecule has 2 rings (SSSR count). The van der Waals surface area contributed by atoms with E-state index in [1.165, 1.54) is 32.3 Å². The van der Waals surface area contributed by atoms with Gasteiger partial charge in [0.05, 0.1) is 12.1 Å². The van der Waals surface area contributed by atoms with E-state index in [2.05, 4.69) is 33.6 Å². The molecule has 16 heavy (non-hydrogen) atoms. The summed E-state index contributed by atoms with van der Waals surface area (Å²) in [5.41, 5.74) is 0.896. The largest absolute Gasteiger partial charge is 0.292 e. The Bertz CT molecular complexity index is 377. The summed E-state index contributed by atoms with van der Waals surface area (Å²) < 4.78 is 0. The molecule has 0 spiro atoms. The summed E-state index contributed by atoms with van der Waals surface area (Å²) in [6, 6.07) is 0. The van der Waals surface area contributed by atoms with Gasteiger partial charge in [0, 0.05) is 18.9 Å². The van der Waals surface area contributed by atoms with Crippen molar-refractivity contribution < 1.29 is 0 Å². The van der Waals surface area contributed by atoms with Gasteiger partial charge in [-0.3, -0.25) is 4.90 Å².